The Balaban J connectivity index is 1.93. The van der Waals surface area contributed by atoms with Crippen molar-refractivity contribution in [3.63, 3.8) is 0 Å². The number of aromatic hydroxyl groups is 1. The van der Waals surface area contributed by atoms with E-state index in [4.69, 9.17) is 10.5 Å². The van der Waals surface area contributed by atoms with E-state index in [1.54, 1.807) is 18.2 Å². The molecule has 2 rings (SSSR count). The molecule has 98 valence electrons. The van der Waals surface area contributed by atoms with E-state index in [1.807, 2.05) is 0 Å². The average molecular weight is 250 g/mol. The molecule has 0 aliphatic carbocycles. The second-order valence-corrected chi connectivity index (χ2v) is 4.51. The van der Waals surface area contributed by atoms with Crippen LogP contribution in [0.2, 0.25) is 0 Å². The molecule has 1 aliphatic rings. The quantitative estimate of drug-likeness (QED) is 0.554. The lowest BCUT2D eigenvalue weighted by Gasteiger charge is -2.22. The number of rotatable bonds is 3. The number of carbonyl (C=O) groups excluding carboxylic acids is 1. The molecule has 1 fully saturated rings. The highest BCUT2D eigenvalue weighted by atomic mass is 16.5. The van der Waals surface area contributed by atoms with Gasteiger partial charge in [-0.2, -0.15) is 0 Å². The number of phenols is 1. The van der Waals surface area contributed by atoms with Crippen LogP contribution in [-0.2, 0) is 4.74 Å². The highest BCUT2D eigenvalue weighted by molar-refractivity contribution is 5.98. The van der Waals surface area contributed by atoms with Crippen molar-refractivity contribution >= 4 is 11.6 Å². The lowest BCUT2D eigenvalue weighted by Crippen LogP contribution is -2.32. The minimum Gasteiger partial charge on any atom is -0.505 e. The van der Waals surface area contributed by atoms with Gasteiger partial charge in [-0.05, 0) is 30.9 Å². The molecule has 1 heterocycles. The highest BCUT2D eigenvalue weighted by Gasteiger charge is 2.17. The van der Waals surface area contributed by atoms with Gasteiger partial charge in [0.15, 0.2) is 5.75 Å². The van der Waals surface area contributed by atoms with Crippen LogP contribution in [0.25, 0.3) is 0 Å². The topological polar surface area (TPSA) is 84.6 Å². The maximum atomic E-state index is 11.9. The number of hydrogen-bond donors (Lipinski definition) is 3. The Labute approximate surface area is 106 Å². The third-order valence-corrected chi connectivity index (χ3v) is 3.20. The van der Waals surface area contributed by atoms with Gasteiger partial charge in [0.05, 0.1) is 11.3 Å². The summed E-state index contributed by atoms with van der Waals surface area (Å²) in [5.41, 5.74) is 5.99. The largest absolute Gasteiger partial charge is 0.505 e. The van der Waals surface area contributed by atoms with E-state index in [0.29, 0.717) is 12.5 Å². The van der Waals surface area contributed by atoms with Crippen LogP contribution in [0.15, 0.2) is 18.2 Å². The number of hydrogen-bond acceptors (Lipinski definition) is 4. The van der Waals surface area contributed by atoms with Gasteiger partial charge >= 0.3 is 0 Å². The Morgan fingerprint density at radius 3 is 2.89 bits per heavy atom. The van der Waals surface area contributed by atoms with Gasteiger partial charge in [-0.3, -0.25) is 4.79 Å². The molecule has 5 nitrogen and oxygen atoms in total. The van der Waals surface area contributed by atoms with E-state index >= 15 is 0 Å². The molecule has 4 N–H and O–H groups in total. The first-order valence-electron chi connectivity index (χ1n) is 6.12. The number of carbonyl (C=O) groups is 1. The second kappa shape index (κ2) is 5.73. The predicted molar refractivity (Wildman–Crippen MR) is 68.4 cm³/mol. The average Bonchev–Trinajstić information content (AvgIpc) is 2.40. The molecule has 1 aromatic carbocycles. The molecular weight excluding hydrogens is 232 g/mol. The first-order chi connectivity index (χ1) is 8.68. The van der Waals surface area contributed by atoms with Crippen molar-refractivity contribution in [3.8, 4) is 5.75 Å². The lowest BCUT2D eigenvalue weighted by molar-refractivity contribution is 0.0642. The van der Waals surface area contributed by atoms with Crippen LogP contribution in [0.1, 0.15) is 23.2 Å². The fourth-order valence-corrected chi connectivity index (χ4v) is 2.03. The number of ether oxygens (including phenoxy) is 1. The number of para-hydroxylation sites is 1. The standard InChI is InChI=1S/C13H18N2O3/c14-11-3-1-2-10(12(11)16)13(17)15-8-9-4-6-18-7-5-9/h1-3,9,16H,4-8,14H2,(H,15,17). The Hall–Kier alpha value is -1.75. The van der Waals surface area contributed by atoms with Crippen molar-refractivity contribution < 1.29 is 14.6 Å². The van der Waals surface area contributed by atoms with Gasteiger partial charge in [0.25, 0.3) is 5.91 Å². The highest BCUT2D eigenvalue weighted by Crippen LogP contribution is 2.24. The van der Waals surface area contributed by atoms with Crippen LogP contribution < -0.4 is 11.1 Å². The molecule has 0 radical (unpaired) electrons. The molecule has 0 unspecified atom stereocenters. The molecule has 1 aromatic rings. The van der Waals surface area contributed by atoms with E-state index in [2.05, 4.69) is 5.32 Å². The second-order valence-electron chi connectivity index (χ2n) is 4.51. The maximum absolute atomic E-state index is 11.9. The smallest absolute Gasteiger partial charge is 0.255 e. The number of amides is 1. The van der Waals surface area contributed by atoms with Crippen molar-refractivity contribution in [2.24, 2.45) is 5.92 Å². The molecule has 18 heavy (non-hydrogen) atoms. The first kappa shape index (κ1) is 12.7. The molecule has 0 spiro atoms. The summed E-state index contributed by atoms with van der Waals surface area (Å²) in [4.78, 5) is 11.9. The minimum atomic E-state index is -0.286. The van der Waals surface area contributed by atoms with Crippen LogP contribution >= 0.6 is 0 Å². The van der Waals surface area contributed by atoms with E-state index in [9.17, 15) is 9.90 Å². The number of phenolic OH excluding ortho intramolecular Hbond substituents is 1. The summed E-state index contributed by atoms with van der Waals surface area (Å²) in [6.07, 6.45) is 1.92. The molecule has 0 bridgehead atoms. The first-order valence-corrected chi connectivity index (χ1v) is 6.12. The van der Waals surface area contributed by atoms with E-state index in [1.165, 1.54) is 0 Å². The summed E-state index contributed by atoms with van der Waals surface area (Å²) in [5, 5.41) is 12.5. The van der Waals surface area contributed by atoms with Crippen LogP contribution in [-0.4, -0.2) is 30.8 Å². The zero-order chi connectivity index (χ0) is 13.0. The summed E-state index contributed by atoms with van der Waals surface area (Å²) in [6, 6.07) is 4.77. The monoisotopic (exact) mass is 250 g/mol. The molecule has 5 heteroatoms. The van der Waals surface area contributed by atoms with Crippen molar-refractivity contribution in [2.45, 2.75) is 12.8 Å². The number of nitrogen functional groups attached to an aromatic ring is 1. The van der Waals surface area contributed by atoms with Gasteiger partial charge in [-0.1, -0.05) is 6.07 Å². The Bertz CT molecular complexity index is 428. The third kappa shape index (κ3) is 2.92. The molecule has 0 aromatic heterocycles. The van der Waals surface area contributed by atoms with Gasteiger partial charge < -0.3 is 20.9 Å². The number of nitrogens with two attached hydrogens (primary N) is 1. The fraction of sp³-hybridized carbons (Fsp3) is 0.462. The summed E-state index contributed by atoms with van der Waals surface area (Å²) >= 11 is 0. The van der Waals surface area contributed by atoms with Crippen LogP contribution in [0.4, 0.5) is 5.69 Å². The van der Waals surface area contributed by atoms with Gasteiger partial charge in [0.2, 0.25) is 0 Å². The molecular formula is C13H18N2O3. The van der Waals surface area contributed by atoms with Crippen molar-refractivity contribution in [3.05, 3.63) is 23.8 Å². The molecule has 0 saturated carbocycles. The zero-order valence-electron chi connectivity index (χ0n) is 10.2. The minimum absolute atomic E-state index is 0.151. The third-order valence-electron chi connectivity index (χ3n) is 3.20. The van der Waals surface area contributed by atoms with E-state index < -0.39 is 0 Å². The van der Waals surface area contributed by atoms with Crippen molar-refractivity contribution in [1.29, 1.82) is 0 Å². The Kier molecular flexibility index (Phi) is 4.04. The number of benzene rings is 1. The molecule has 1 saturated heterocycles. The lowest BCUT2D eigenvalue weighted by atomic mass is 10.0. The van der Waals surface area contributed by atoms with Gasteiger partial charge in [-0.15, -0.1) is 0 Å². The fourth-order valence-electron chi connectivity index (χ4n) is 2.03. The maximum Gasteiger partial charge on any atom is 0.255 e. The summed E-state index contributed by atoms with van der Waals surface area (Å²) in [5.74, 6) is 0.0131. The predicted octanol–water partition coefficient (Wildman–Crippen LogP) is 1.13. The number of nitrogens with one attached hydrogen (secondary N) is 1. The van der Waals surface area contributed by atoms with Gasteiger partial charge in [0, 0.05) is 19.8 Å². The van der Waals surface area contributed by atoms with E-state index in [0.717, 1.165) is 26.1 Å². The molecule has 0 atom stereocenters. The van der Waals surface area contributed by atoms with Gasteiger partial charge in [0.1, 0.15) is 0 Å². The Morgan fingerprint density at radius 1 is 1.44 bits per heavy atom. The number of anilines is 1. The summed E-state index contributed by atoms with van der Waals surface area (Å²) in [7, 11) is 0. The normalized spacial score (nSPS) is 16.4. The van der Waals surface area contributed by atoms with Crippen LogP contribution in [0, 0.1) is 5.92 Å². The molecule has 1 amide bonds. The Morgan fingerprint density at radius 2 is 2.17 bits per heavy atom. The van der Waals surface area contributed by atoms with Crippen LogP contribution in [0.3, 0.4) is 0 Å². The van der Waals surface area contributed by atoms with Gasteiger partial charge in [-0.25, -0.2) is 0 Å². The summed E-state index contributed by atoms with van der Waals surface area (Å²) < 4.78 is 5.26. The van der Waals surface area contributed by atoms with E-state index in [-0.39, 0.29) is 22.9 Å². The molecule has 1 aliphatic heterocycles. The SMILES string of the molecule is Nc1cccc(C(=O)NCC2CCOCC2)c1O. The van der Waals surface area contributed by atoms with Crippen molar-refractivity contribution in [2.75, 3.05) is 25.5 Å². The zero-order valence-corrected chi connectivity index (χ0v) is 10.2. The van der Waals surface area contributed by atoms with Crippen LogP contribution in [0.5, 0.6) is 5.75 Å². The van der Waals surface area contributed by atoms with Crippen molar-refractivity contribution in [1.82, 2.24) is 5.32 Å². The summed E-state index contributed by atoms with van der Waals surface area (Å²) in [6.45, 7) is 2.12.